The largest absolute Gasteiger partial charge is 0.497 e. The average molecular weight is 336 g/mol. The second-order valence-corrected chi connectivity index (χ2v) is 5.84. The lowest BCUT2D eigenvalue weighted by Gasteiger charge is -2.17. The molecule has 0 heterocycles. The SMILES string of the molecule is COc1ccc2c(c1)C(Nc1ccc(Br)cc1F)CC2. The first-order chi connectivity index (χ1) is 9.67. The molecule has 2 aromatic rings. The van der Waals surface area contributed by atoms with Crippen molar-refractivity contribution in [3.05, 3.63) is 57.8 Å². The predicted octanol–water partition coefficient (Wildman–Crippen LogP) is 4.70. The van der Waals surface area contributed by atoms with Gasteiger partial charge in [0, 0.05) is 4.47 Å². The molecule has 0 radical (unpaired) electrons. The fraction of sp³-hybridized carbons (Fsp3) is 0.250. The molecule has 0 fully saturated rings. The van der Waals surface area contributed by atoms with E-state index in [4.69, 9.17) is 4.74 Å². The number of rotatable bonds is 3. The van der Waals surface area contributed by atoms with E-state index < -0.39 is 0 Å². The van der Waals surface area contributed by atoms with E-state index in [1.165, 1.54) is 17.2 Å². The summed E-state index contributed by atoms with van der Waals surface area (Å²) < 4.78 is 19.9. The van der Waals surface area contributed by atoms with Crippen molar-refractivity contribution in [1.82, 2.24) is 0 Å². The third-order valence-electron chi connectivity index (χ3n) is 3.69. The number of fused-ring (bicyclic) bond motifs is 1. The van der Waals surface area contributed by atoms with Crippen LogP contribution < -0.4 is 10.1 Å². The number of nitrogens with one attached hydrogen (secondary N) is 1. The van der Waals surface area contributed by atoms with Crippen LogP contribution in [0.1, 0.15) is 23.6 Å². The molecule has 2 aromatic carbocycles. The van der Waals surface area contributed by atoms with Crippen LogP contribution in [0.15, 0.2) is 40.9 Å². The van der Waals surface area contributed by atoms with Crippen molar-refractivity contribution in [2.24, 2.45) is 0 Å². The average Bonchev–Trinajstić information content (AvgIpc) is 2.84. The van der Waals surface area contributed by atoms with Crippen LogP contribution in [0.2, 0.25) is 0 Å². The molecule has 1 aliphatic carbocycles. The van der Waals surface area contributed by atoms with Gasteiger partial charge >= 0.3 is 0 Å². The zero-order valence-corrected chi connectivity index (χ0v) is 12.7. The number of methoxy groups -OCH3 is 1. The van der Waals surface area contributed by atoms with Crippen molar-refractivity contribution in [2.45, 2.75) is 18.9 Å². The molecule has 0 bridgehead atoms. The molecule has 2 nitrogen and oxygen atoms in total. The van der Waals surface area contributed by atoms with Gasteiger partial charge < -0.3 is 10.1 Å². The summed E-state index contributed by atoms with van der Waals surface area (Å²) in [6.07, 6.45) is 1.98. The molecule has 0 aromatic heterocycles. The highest BCUT2D eigenvalue weighted by Gasteiger charge is 2.23. The highest BCUT2D eigenvalue weighted by Crippen LogP contribution is 2.36. The van der Waals surface area contributed by atoms with Gasteiger partial charge in [-0.25, -0.2) is 4.39 Å². The molecule has 0 aliphatic heterocycles. The molecule has 1 N–H and O–H groups in total. The number of anilines is 1. The molecule has 20 heavy (non-hydrogen) atoms. The van der Waals surface area contributed by atoms with E-state index >= 15 is 0 Å². The van der Waals surface area contributed by atoms with Gasteiger partial charge in [-0.3, -0.25) is 0 Å². The molecule has 1 aliphatic rings. The van der Waals surface area contributed by atoms with Gasteiger partial charge in [0.2, 0.25) is 0 Å². The van der Waals surface area contributed by atoms with E-state index in [-0.39, 0.29) is 11.9 Å². The summed E-state index contributed by atoms with van der Waals surface area (Å²) in [5, 5.41) is 3.29. The highest BCUT2D eigenvalue weighted by molar-refractivity contribution is 9.10. The zero-order valence-electron chi connectivity index (χ0n) is 11.1. The number of halogens is 2. The fourth-order valence-electron chi connectivity index (χ4n) is 2.65. The number of aryl methyl sites for hydroxylation is 1. The third-order valence-corrected chi connectivity index (χ3v) is 4.18. The molecule has 4 heteroatoms. The van der Waals surface area contributed by atoms with E-state index in [9.17, 15) is 4.39 Å². The Hall–Kier alpha value is -1.55. The maximum Gasteiger partial charge on any atom is 0.147 e. The Bertz CT molecular complexity index is 644. The first-order valence-corrected chi connectivity index (χ1v) is 7.35. The van der Waals surface area contributed by atoms with Gasteiger partial charge in [-0.05, 0) is 54.3 Å². The molecule has 0 spiro atoms. The van der Waals surface area contributed by atoms with Gasteiger partial charge in [-0.1, -0.05) is 22.0 Å². The van der Waals surface area contributed by atoms with E-state index in [2.05, 4.69) is 27.3 Å². The van der Waals surface area contributed by atoms with E-state index in [0.717, 1.165) is 23.1 Å². The third kappa shape index (κ3) is 2.52. The summed E-state index contributed by atoms with van der Waals surface area (Å²) >= 11 is 3.27. The molecule has 3 rings (SSSR count). The topological polar surface area (TPSA) is 21.3 Å². The standard InChI is InChI=1S/C16H15BrFNO/c1-20-12-5-2-10-3-6-15(13(10)9-12)19-16-7-4-11(17)8-14(16)18/h2,4-5,7-9,15,19H,3,6H2,1H3. The van der Waals surface area contributed by atoms with Gasteiger partial charge in [-0.2, -0.15) is 0 Å². The number of hydrogen-bond donors (Lipinski definition) is 1. The first kappa shape index (κ1) is 13.4. The Morgan fingerprint density at radius 3 is 2.85 bits per heavy atom. The molecule has 0 saturated heterocycles. The van der Waals surface area contributed by atoms with Crippen LogP contribution in [0.3, 0.4) is 0 Å². The normalized spacial score (nSPS) is 16.9. The van der Waals surface area contributed by atoms with Crippen LogP contribution in [0.25, 0.3) is 0 Å². The Morgan fingerprint density at radius 2 is 2.10 bits per heavy atom. The van der Waals surface area contributed by atoms with Gasteiger partial charge in [0.1, 0.15) is 11.6 Å². The number of benzene rings is 2. The maximum atomic E-state index is 13.9. The van der Waals surface area contributed by atoms with Crippen LogP contribution in [-0.4, -0.2) is 7.11 Å². The van der Waals surface area contributed by atoms with E-state index in [1.807, 2.05) is 18.2 Å². The minimum atomic E-state index is -0.240. The van der Waals surface area contributed by atoms with Crippen molar-refractivity contribution in [3.8, 4) is 5.75 Å². The lowest BCUT2D eigenvalue weighted by Crippen LogP contribution is -2.08. The Labute approximate surface area is 126 Å². The monoisotopic (exact) mass is 335 g/mol. The Balaban J connectivity index is 1.87. The van der Waals surface area contributed by atoms with Crippen LogP contribution in [0, 0.1) is 5.82 Å². The fourth-order valence-corrected chi connectivity index (χ4v) is 2.98. The van der Waals surface area contributed by atoms with Crippen LogP contribution in [-0.2, 0) is 6.42 Å². The molecular formula is C16H15BrFNO. The van der Waals surface area contributed by atoms with Crippen molar-refractivity contribution >= 4 is 21.6 Å². The van der Waals surface area contributed by atoms with E-state index in [1.54, 1.807) is 13.2 Å². The van der Waals surface area contributed by atoms with Crippen molar-refractivity contribution in [2.75, 3.05) is 12.4 Å². The van der Waals surface area contributed by atoms with Crippen molar-refractivity contribution in [1.29, 1.82) is 0 Å². The summed E-state index contributed by atoms with van der Waals surface area (Å²) in [6.45, 7) is 0. The predicted molar refractivity (Wildman–Crippen MR) is 81.8 cm³/mol. The van der Waals surface area contributed by atoms with Crippen LogP contribution in [0.4, 0.5) is 10.1 Å². The smallest absolute Gasteiger partial charge is 0.147 e. The highest BCUT2D eigenvalue weighted by atomic mass is 79.9. The van der Waals surface area contributed by atoms with Crippen LogP contribution in [0.5, 0.6) is 5.75 Å². The van der Waals surface area contributed by atoms with Crippen LogP contribution >= 0.6 is 15.9 Å². The van der Waals surface area contributed by atoms with Crippen molar-refractivity contribution in [3.63, 3.8) is 0 Å². The Morgan fingerprint density at radius 1 is 1.25 bits per heavy atom. The summed E-state index contributed by atoms with van der Waals surface area (Å²) in [6, 6.07) is 11.3. The molecule has 0 saturated carbocycles. The summed E-state index contributed by atoms with van der Waals surface area (Å²) in [5.41, 5.74) is 3.04. The second-order valence-electron chi connectivity index (χ2n) is 4.92. The van der Waals surface area contributed by atoms with Gasteiger partial charge in [-0.15, -0.1) is 0 Å². The van der Waals surface area contributed by atoms with E-state index in [0.29, 0.717) is 5.69 Å². The molecule has 0 amide bonds. The Kier molecular flexibility index (Phi) is 3.66. The summed E-state index contributed by atoms with van der Waals surface area (Å²) in [4.78, 5) is 0. The van der Waals surface area contributed by atoms with Gasteiger partial charge in [0.25, 0.3) is 0 Å². The molecular weight excluding hydrogens is 321 g/mol. The lowest BCUT2D eigenvalue weighted by atomic mass is 10.1. The van der Waals surface area contributed by atoms with Crippen molar-refractivity contribution < 1.29 is 9.13 Å². The minimum absolute atomic E-state index is 0.135. The first-order valence-electron chi connectivity index (χ1n) is 6.56. The molecule has 104 valence electrons. The van der Waals surface area contributed by atoms with Gasteiger partial charge in [0.15, 0.2) is 0 Å². The number of hydrogen-bond acceptors (Lipinski definition) is 2. The quantitative estimate of drug-likeness (QED) is 0.877. The summed E-state index contributed by atoms with van der Waals surface area (Å²) in [5.74, 6) is 0.601. The molecule has 1 unspecified atom stereocenters. The zero-order chi connectivity index (χ0) is 14.1. The summed E-state index contributed by atoms with van der Waals surface area (Å²) in [7, 11) is 1.66. The minimum Gasteiger partial charge on any atom is -0.497 e. The number of ether oxygens (including phenoxy) is 1. The lowest BCUT2D eigenvalue weighted by molar-refractivity contribution is 0.414. The second kappa shape index (κ2) is 5.44. The maximum absolute atomic E-state index is 13.9. The molecule has 1 atom stereocenters. The van der Waals surface area contributed by atoms with Gasteiger partial charge in [0.05, 0.1) is 18.8 Å².